The molecule has 2 aromatic rings. The molecule has 0 aliphatic carbocycles. The van der Waals surface area contributed by atoms with Crippen LogP contribution in [0.3, 0.4) is 0 Å². The van der Waals surface area contributed by atoms with Crippen molar-refractivity contribution >= 4 is 29.9 Å². The van der Waals surface area contributed by atoms with Crippen molar-refractivity contribution in [2.75, 3.05) is 13.1 Å². The predicted octanol–water partition coefficient (Wildman–Crippen LogP) is 3.07. The Labute approximate surface area is 152 Å². The minimum absolute atomic E-state index is 0. The summed E-state index contributed by atoms with van der Waals surface area (Å²) in [4.78, 5) is 16.6. The van der Waals surface area contributed by atoms with Gasteiger partial charge >= 0.3 is 0 Å². The maximum absolute atomic E-state index is 12.2. The van der Waals surface area contributed by atoms with Gasteiger partial charge in [-0.2, -0.15) is 0 Å². The molecule has 1 aromatic heterocycles. The second kappa shape index (κ2) is 8.51. The highest BCUT2D eigenvalue weighted by molar-refractivity contribution is 6.30. The van der Waals surface area contributed by atoms with Gasteiger partial charge in [-0.15, -0.1) is 12.4 Å². The van der Waals surface area contributed by atoms with Crippen LogP contribution in [0.25, 0.3) is 11.5 Å². The van der Waals surface area contributed by atoms with Crippen LogP contribution in [0.5, 0.6) is 0 Å². The summed E-state index contributed by atoms with van der Waals surface area (Å²) in [6.45, 7) is 4.00. The molecule has 1 aliphatic heterocycles. The molecule has 2 atom stereocenters. The number of nitrogens with zero attached hydrogens (tertiary/aromatic N) is 1. The van der Waals surface area contributed by atoms with Gasteiger partial charge in [-0.25, -0.2) is 4.98 Å². The van der Waals surface area contributed by atoms with Crippen molar-refractivity contribution in [1.82, 2.24) is 15.6 Å². The van der Waals surface area contributed by atoms with Crippen molar-refractivity contribution in [2.45, 2.75) is 25.8 Å². The highest BCUT2D eigenvalue weighted by Gasteiger charge is 2.23. The summed E-state index contributed by atoms with van der Waals surface area (Å²) in [5, 5.41) is 7.04. The van der Waals surface area contributed by atoms with E-state index in [9.17, 15) is 4.79 Å². The van der Waals surface area contributed by atoms with Gasteiger partial charge in [0.05, 0.1) is 12.1 Å². The van der Waals surface area contributed by atoms with Crippen LogP contribution in [0.2, 0.25) is 5.02 Å². The quantitative estimate of drug-likeness (QED) is 0.868. The van der Waals surface area contributed by atoms with E-state index in [1.54, 1.807) is 12.1 Å². The minimum atomic E-state index is -0.0264. The fraction of sp³-hybridized carbons (Fsp3) is 0.412. The number of hydrogen-bond acceptors (Lipinski definition) is 4. The van der Waals surface area contributed by atoms with Gasteiger partial charge in [0.25, 0.3) is 0 Å². The zero-order chi connectivity index (χ0) is 16.2. The molecule has 1 amide bonds. The summed E-state index contributed by atoms with van der Waals surface area (Å²) >= 11 is 5.87. The average molecular weight is 370 g/mol. The topological polar surface area (TPSA) is 67.2 Å². The van der Waals surface area contributed by atoms with E-state index in [-0.39, 0.29) is 30.8 Å². The van der Waals surface area contributed by atoms with Crippen LogP contribution in [0.15, 0.2) is 34.9 Å². The molecule has 1 aliphatic rings. The normalized spacial score (nSPS) is 20.2. The first-order valence-electron chi connectivity index (χ1n) is 7.82. The van der Waals surface area contributed by atoms with Crippen molar-refractivity contribution in [2.24, 2.45) is 5.92 Å². The number of hydrogen-bond donors (Lipinski definition) is 2. The SMILES string of the molecule is CC1CCNCC1NC(=O)Cc1coc(-c2ccc(Cl)cc2)n1.Cl. The fourth-order valence-electron chi connectivity index (χ4n) is 2.72. The third kappa shape index (κ3) is 4.72. The molecule has 0 saturated carbocycles. The van der Waals surface area contributed by atoms with Crippen molar-refractivity contribution < 1.29 is 9.21 Å². The van der Waals surface area contributed by atoms with E-state index in [1.807, 2.05) is 12.1 Å². The lowest BCUT2D eigenvalue weighted by Gasteiger charge is -2.30. The Morgan fingerprint density at radius 1 is 1.42 bits per heavy atom. The standard InChI is InChI=1S/C17H20ClN3O2.ClH/c1-11-6-7-19-9-15(11)21-16(22)8-14-10-23-17(20-14)12-2-4-13(18)5-3-12;/h2-5,10-11,15,19H,6-9H2,1H3,(H,21,22);1H. The van der Waals surface area contributed by atoms with E-state index in [4.69, 9.17) is 16.0 Å². The molecule has 0 radical (unpaired) electrons. The van der Waals surface area contributed by atoms with Crippen molar-refractivity contribution in [1.29, 1.82) is 0 Å². The molecule has 5 nitrogen and oxygen atoms in total. The van der Waals surface area contributed by atoms with Crippen LogP contribution in [-0.2, 0) is 11.2 Å². The molecular weight excluding hydrogens is 349 g/mol. The lowest BCUT2D eigenvalue weighted by atomic mass is 9.95. The molecule has 2 heterocycles. The van der Waals surface area contributed by atoms with Crippen LogP contribution in [0.4, 0.5) is 0 Å². The molecule has 1 saturated heterocycles. The molecule has 2 N–H and O–H groups in total. The summed E-state index contributed by atoms with van der Waals surface area (Å²) in [7, 11) is 0. The monoisotopic (exact) mass is 369 g/mol. The first-order valence-corrected chi connectivity index (χ1v) is 8.20. The van der Waals surface area contributed by atoms with E-state index in [0.29, 0.717) is 22.5 Å². The molecule has 24 heavy (non-hydrogen) atoms. The Kier molecular flexibility index (Phi) is 6.66. The Morgan fingerprint density at radius 3 is 2.88 bits per heavy atom. The summed E-state index contributed by atoms with van der Waals surface area (Å²) in [6, 6.07) is 7.43. The Morgan fingerprint density at radius 2 is 2.17 bits per heavy atom. The Bertz CT molecular complexity index is 673. The average Bonchev–Trinajstić information content (AvgIpc) is 2.98. The van der Waals surface area contributed by atoms with Gasteiger partial charge in [0, 0.05) is 23.2 Å². The molecule has 1 fully saturated rings. The Hall–Kier alpha value is -1.56. The number of oxazole rings is 1. The van der Waals surface area contributed by atoms with Gasteiger partial charge in [-0.05, 0) is 43.1 Å². The number of halogens is 2. The van der Waals surface area contributed by atoms with Gasteiger partial charge in [0.1, 0.15) is 6.26 Å². The fourth-order valence-corrected chi connectivity index (χ4v) is 2.84. The van der Waals surface area contributed by atoms with E-state index >= 15 is 0 Å². The second-order valence-electron chi connectivity index (χ2n) is 5.97. The van der Waals surface area contributed by atoms with Crippen molar-refractivity contribution in [3.05, 3.63) is 41.2 Å². The molecule has 130 valence electrons. The summed E-state index contributed by atoms with van der Waals surface area (Å²) in [6.07, 6.45) is 2.84. The number of benzene rings is 1. The molecule has 3 rings (SSSR count). The van der Waals surface area contributed by atoms with E-state index in [1.165, 1.54) is 6.26 Å². The Balaban J connectivity index is 0.00000208. The number of rotatable bonds is 4. The van der Waals surface area contributed by atoms with Gasteiger partial charge in [-0.3, -0.25) is 4.79 Å². The molecule has 7 heteroatoms. The number of aromatic nitrogens is 1. The smallest absolute Gasteiger partial charge is 0.226 e. The van der Waals surface area contributed by atoms with Gasteiger partial charge in [0.15, 0.2) is 0 Å². The maximum atomic E-state index is 12.2. The van der Waals surface area contributed by atoms with Crippen molar-refractivity contribution in [3.63, 3.8) is 0 Å². The van der Waals surface area contributed by atoms with Gasteiger partial charge < -0.3 is 15.1 Å². The molecule has 0 spiro atoms. The number of nitrogens with one attached hydrogen (secondary N) is 2. The molecular formula is C17H21Cl2N3O2. The number of amides is 1. The first kappa shape index (κ1) is 18.8. The zero-order valence-corrected chi connectivity index (χ0v) is 15.0. The van der Waals surface area contributed by atoms with Crippen LogP contribution in [0.1, 0.15) is 19.0 Å². The van der Waals surface area contributed by atoms with E-state index < -0.39 is 0 Å². The first-order chi connectivity index (χ1) is 11.1. The zero-order valence-electron chi connectivity index (χ0n) is 13.4. The number of carbonyl (C=O) groups excluding carboxylic acids is 1. The third-order valence-corrected chi connectivity index (χ3v) is 4.41. The van der Waals surface area contributed by atoms with Crippen molar-refractivity contribution in [3.8, 4) is 11.5 Å². The third-order valence-electron chi connectivity index (χ3n) is 4.16. The number of piperidine rings is 1. The lowest BCUT2D eigenvalue weighted by Crippen LogP contribution is -2.50. The largest absolute Gasteiger partial charge is 0.444 e. The van der Waals surface area contributed by atoms with Gasteiger partial charge in [-0.1, -0.05) is 18.5 Å². The molecule has 0 bridgehead atoms. The maximum Gasteiger partial charge on any atom is 0.226 e. The van der Waals surface area contributed by atoms with E-state index in [0.717, 1.165) is 25.1 Å². The minimum Gasteiger partial charge on any atom is -0.444 e. The van der Waals surface area contributed by atoms with E-state index in [2.05, 4.69) is 22.5 Å². The predicted molar refractivity (Wildman–Crippen MR) is 96.5 cm³/mol. The second-order valence-corrected chi connectivity index (χ2v) is 6.41. The molecule has 1 aromatic carbocycles. The van der Waals surface area contributed by atoms with Crippen LogP contribution >= 0.6 is 24.0 Å². The van der Waals surface area contributed by atoms with Crippen LogP contribution in [-0.4, -0.2) is 30.0 Å². The summed E-state index contributed by atoms with van der Waals surface area (Å²) in [5.41, 5.74) is 1.47. The van der Waals surface area contributed by atoms with Crippen LogP contribution < -0.4 is 10.6 Å². The van der Waals surface area contributed by atoms with Crippen LogP contribution in [0, 0.1) is 5.92 Å². The summed E-state index contributed by atoms with van der Waals surface area (Å²) in [5.74, 6) is 0.959. The van der Waals surface area contributed by atoms with Gasteiger partial charge in [0.2, 0.25) is 11.8 Å². The molecule has 2 unspecified atom stereocenters. The number of carbonyl (C=O) groups is 1. The summed E-state index contributed by atoms with van der Waals surface area (Å²) < 4.78 is 5.46. The highest BCUT2D eigenvalue weighted by Crippen LogP contribution is 2.21. The lowest BCUT2D eigenvalue weighted by molar-refractivity contribution is -0.121. The highest BCUT2D eigenvalue weighted by atomic mass is 35.5.